The molecule has 1 aliphatic heterocycles. The largest absolute Gasteiger partial charge is 0.294 e. The van der Waals surface area contributed by atoms with Crippen LogP contribution >= 0.6 is 11.8 Å². The third-order valence-electron chi connectivity index (χ3n) is 1.99. The third kappa shape index (κ3) is 1.53. The van der Waals surface area contributed by atoms with Crippen LogP contribution in [0.2, 0.25) is 0 Å². The maximum absolute atomic E-state index is 11.4. The van der Waals surface area contributed by atoms with Crippen molar-refractivity contribution in [3.05, 3.63) is 35.4 Å². The summed E-state index contributed by atoms with van der Waals surface area (Å²) in [4.78, 5) is 11.4. The van der Waals surface area contributed by atoms with Gasteiger partial charge >= 0.3 is 0 Å². The van der Waals surface area contributed by atoms with Crippen molar-refractivity contribution < 1.29 is 4.79 Å². The van der Waals surface area contributed by atoms with E-state index in [0.717, 1.165) is 17.1 Å². The molecule has 2 bridgehead atoms. The van der Waals surface area contributed by atoms with Gasteiger partial charge in [-0.05, 0) is 11.6 Å². The number of carbonyl (C=O) groups is 1. The minimum atomic E-state index is 0.282. The van der Waals surface area contributed by atoms with E-state index in [0.29, 0.717) is 6.42 Å². The Bertz CT molecular complexity index is 306. The third-order valence-corrected chi connectivity index (χ3v) is 3.02. The Morgan fingerprint density at radius 1 is 1.33 bits per heavy atom. The van der Waals surface area contributed by atoms with E-state index in [4.69, 9.17) is 0 Å². The molecular weight excluding hydrogens is 168 g/mol. The number of ketones is 1. The summed E-state index contributed by atoms with van der Waals surface area (Å²) in [6.07, 6.45) is 0.689. The molecule has 0 saturated heterocycles. The van der Waals surface area contributed by atoms with Gasteiger partial charge in [-0.1, -0.05) is 18.2 Å². The van der Waals surface area contributed by atoms with E-state index in [9.17, 15) is 4.79 Å². The smallest absolute Gasteiger partial charge is 0.163 e. The summed E-state index contributed by atoms with van der Waals surface area (Å²) in [7, 11) is 0. The zero-order valence-electron chi connectivity index (χ0n) is 6.75. The van der Waals surface area contributed by atoms with Crippen LogP contribution in [0, 0.1) is 0 Å². The fourth-order valence-electron chi connectivity index (χ4n) is 1.33. The van der Waals surface area contributed by atoms with E-state index < -0.39 is 0 Å². The number of hydrogen-bond acceptors (Lipinski definition) is 2. The highest BCUT2D eigenvalue weighted by Gasteiger charge is 2.09. The van der Waals surface area contributed by atoms with Crippen LogP contribution in [0.5, 0.6) is 0 Å². The fourth-order valence-corrected chi connectivity index (χ4v) is 2.22. The Morgan fingerprint density at radius 3 is 3.17 bits per heavy atom. The Balaban J connectivity index is 2.41. The van der Waals surface area contributed by atoms with Gasteiger partial charge in [0.05, 0.1) is 0 Å². The normalized spacial score (nSPS) is 16.8. The van der Waals surface area contributed by atoms with Crippen molar-refractivity contribution in [2.75, 3.05) is 5.75 Å². The van der Waals surface area contributed by atoms with Gasteiger partial charge in [0, 0.05) is 23.5 Å². The van der Waals surface area contributed by atoms with Gasteiger partial charge in [0.25, 0.3) is 0 Å². The van der Waals surface area contributed by atoms with Crippen LogP contribution in [0.4, 0.5) is 0 Å². The van der Waals surface area contributed by atoms with E-state index in [1.165, 1.54) is 5.56 Å². The molecule has 0 unspecified atom stereocenters. The highest BCUT2D eigenvalue weighted by atomic mass is 32.2. The fraction of sp³-hybridized carbons (Fsp3) is 0.300. The molecule has 0 atom stereocenters. The number of carbonyl (C=O) groups excluding carboxylic acids is 1. The molecule has 12 heavy (non-hydrogen) atoms. The molecule has 1 aromatic carbocycles. The predicted octanol–water partition coefficient (Wildman–Crippen LogP) is 2.51. The summed E-state index contributed by atoms with van der Waals surface area (Å²) in [5.74, 6) is 2.28. The minimum Gasteiger partial charge on any atom is -0.294 e. The highest BCUT2D eigenvalue weighted by Crippen LogP contribution is 2.19. The zero-order valence-corrected chi connectivity index (χ0v) is 7.56. The van der Waals surface area contributed by atoms with Gasteiger partial charge in [-0.15, -0.1) is 0 Å². The molecule has 0 spiro atoms. The lowest BCUT2D eigenvalue weighted by Crippen LogP contribution is -2.03. The van der Waals surface area contributed by atoms with Crippen molar-refractivity contribution in [2.24, 2.45) is 0 Å². The average Bonchev–Trinajstić information content (AvgIpc) is 2.11. The second kappa shape index (κ2) is 3.31. The van der Waals surface area contributed by atoms with E-state index in [1.54, 1.807) is 0 Å². The molecule has 0 saturated carbocycles. The molecule has 1 nitrogen and oxygen atoms in total. The lowest BCUT2D eigenvalue weighted by Gasteiger charge is -2.08. The van der Waals surface area contributed by atoms with Crippen molar-refractivity contribution >= 4 is 17.5 Å². The van der Waals surface area contributed by atoms with Crippen molar-refractivity contribution in [1.29, 1.82) is 0 Å². The molecule has 2 heteroatoms. The molecule has 0 amide bonds. The molecule has 0 aromatic heterocycles. The van der Waals surface area contributed by atoms with E-state index in [2.05, 4.69) is 6.07 Å². The first-order valence-electron chi connectivity index (χ1n) is 4.06. The SMILES string of the molecule is O=C1CCSCc2cccc1c2. The molecule has 2 rings (SSSR count). The number of hydrogen-bond donors (Lipinski definition) is 0. The molecular formula is C10H10OS. The quantitative estimate of drug-likeness (QED) is 0.607. The summed E-state index contributed by atoms with van der Waals surface area (Å²) < 4.78 is 0. The number of benzene rings is 1. The summed E-state index contributed by atoms with van der Waals surface area (Å²) in [5, 5.41) is 0. The standard InChI is InChI=1S/C10H10OS/c11-10-4-5-12-7-8-2-1-3-9(10)6-8/h1-3,6H,4-5,7H2. The molecule has 62 valence electrons. The van der Waals surface area contributed by atoms with E-state index >= 15 is 0 Å². The van der Waals surface area contributed by atoms with Gasteiger partial charge in [0.2, 0.25) is 0 Å². The first kappa shape index (κ1) is 7.87. The monoisotopic (exact) mass is 178 g/mol. The van der Waals surface area contributed by atoms with Crippen LogP contribution in [0.3, 0.4) is 0 Å². The molecule has 1 heterocycles. The topological polar surface area (TPSA) is 17.1 Å². The number of fused-ring (bicyclic) bond motifs is 2. The number of thioether (sulfide) groups is 1. The minimum absolute atomic E-state index is 0.282. The zero-order chi connectivity index (χ0) is 8.39. The van der Waals surface area contributed by atoms with E-state index in [-0.39, 0.29) is 5.78 Å². The van der Waals surface area contributed by atoms with Crippen LogP contribution < -0.4 is 0 Å². The molecule has 0 fully saturated rings. The lowest BCUT2D eigenvalue weighted by atomic mass is 10.1. The molecule has 0 radical (unpaired) electrons. The lowest BCUT2D eigenvalue weighted by molar-refractivity contribution is 0.0989. The maximum Gasteiger partial charge on any atom is 0.163 e. The highest BCUT2D eigenvalue weighted by molar-refractivity contribution is 7.98. The molecule has 1 aromatic rings. The average molecular weight is 178 g/mol. The van der Waals surface area contributed by atoms with Crippen LogP contribution in [0.25, 0.3) is 0 Å². The predicted molar refractivity (Wildman–Crippen MR) is 51.6 cm³/mol. The second-order valence-electron chi connectivity index (χ2n) is 2.93. The Labute approximate surface area is 76.2 Å². The summed E-state index contributed by atoms with van der Waals surface area (Å²) in [6, 6.07) is 7.96. The van der Waals surface area contributed by atoms with Crippen LogP contribution in [0.15, 0.2) is 24.3 Å². The van der Waals surface area contributed by atoms with Crippen molar-refractivity contribution in [2.45, 2.75) is 12.2 Å². The second-order valence-corrected chi connectivity index (χ2v) is 4.03. The Kier molecular flexibility index (Phi) is 2.17. The molecule has 0 N–H and O–H groups in total. The van der Waals surface area contributed by atoms with Crippen molar-refractivity contribution in [3.8, 4) is 0 Å². The van der Waals surface area contributed by atoms with Gasteiger partial charge in [-0.2, -0.15) is 11.8 Å². The van der Waals surface area contributed by atoms with Crippen molar-refractivity contribution in [1.82, 2.24) is 0 Å². The molecule has 0 aliphatic carbocycles. The summed E-state index contributed by atoms with van der Waals surface area (Å²) in [6.45, 7) is 0. The van der Waals surface area contributed by atoms with Crippen LogP contribution in [-0.2, 0) is 5.75 Å². The van der Waals surface area contributed by atoms with E-state index in [1.807, 2.05) is 30.0 Å². The van der Waals surface area contributed by atoms with Gasteiger partial charge in [-0.25, -0.2) is 0 Å². The number of rotatable bonds is 0. The summed E-state index contributed by atoms with van der Waals surface area (Å²) in [5.41, 5.74) is 2.15. The first-order chi connectivity index (χ1) is 5.86. The Morgan fingerprint density at radius 2 is 2.25 bits per heavy atom. The van der Waals surface area contributed by atoms with Crippen molar-refractivity contribution in [3.63, 3.8) is 0 Å². The van der Waals surface area contributed by atoms with Crippen LogP contribution in [0.1, 0.15) is 22.3 Å². The number of Topliss-reactive ketones (excluding diaryl/α,β-unsaturated/α-hetero) is 1. The van der Waals surface area contributed by atoms with Crippen LogP contribution in [-0.4, -0.2) is 11.5 Å². The Hall–Kier alpha value is -0.760. The first-order valence-corrected chi connectivity index (χ1v) is 5.21. The van der Waals surface area contributed by atoms with Gasteiger partial charge in [0.1, 0.15) is 0 Å². The van der Waals surface area contributed by atoms with Gasteiger partial charge in [-0.3, -0.25) is 4.79 Å². The van der Waals surface area contributed by atoms with Gasteiger partial charge in [0.15, 0.2) is 5.78 Å². The van der Waals surface area contributed by atoms with Gasteiger partial charge < -0.3 is 0 Å². The maximum atomic E-state index is 11.4. The summed E-state index contributed by atoms with van der Waals surface area (Å²) >= 11 is 1.83. The molecule has 1 aliphatic rings.